The molecule has 1 saturated heterocycles. The number of benzene rings is 1. The Bertz CT molecular complexity index is 456. The summed E-state index contributed by atoms with van der Waals surface area (Å²) in [5.74, 6) is -0.220. The Morgan fingerprint density at radius 2 is 2.22 bits per heavy atom. The number of ether oxygens (including phenoxy) is 1. The number of amides is 1. The third kappa shape index (κ3) is 2.71. The first-order valence-corrected chi connectivity index (χ1v) is 6.41. The summed E-state index contributed by atoms with van der Waals surface area (Å²) in [6, 6.07) is 3.05. The number of anilines is 1. The van der Waals surface area contributed by atoms with E-state index in [-0.39, 0.29) is 28.1 Å². The highest BCUT2D eigenvalue weighted by atomic mass is 35.5. The average Bonchev–Trinajstić information content (AvgIpc) is 2.71. The second-order valence-corrected chi connectivity index (χ2v) is 5.09. The predicted octanol–water partition coefficient (Wildman–Crippen LogP) is 2.48. The number of carbonyl (C=O) groups is 1. The van der Waals surface area contributed by atoms with Gasteiger partial charge in [-0.3, -0.25) is 4.79 Å². The van der Waals surface area contributed by atoms with Crippen molar-refractivity contribution in [3.63, 3.8) is 0 Å². The lowest BCUT2D eigenvalue weighted by atomic mass is 10.1. The van der Waals surface area contributed by atoms with E-state index < -0.39 is 0 Å². The predicted molar refractivity (Wildman–Crippen MR) is 72.2 cm³/mol. The first-order valence-electron chi connectivity index (χ1n) is 5.66. The number of nitrogens with one attached hydrogen (secondary N) is 1. The van der Waals surface area contributed by atoms with Crippen LogP contribution < -0.4 is 11.1 Å². The zero-order valence-electron chi connectivity index (χ0n) is 9.87. The molecule has 1 aliphatic heterocycles. The topological polar surface area (TPSA) is 64.3 Å². The molecule has 2 unspecified atom stereocenters. The second kappa shape index (κ2) is 5.34. The summed E-state index contributed by atoms with van der Waals surface area (Å²) in [6.45, 7) is 2.59. The van der Waals surface area contributed by atoms with E-state index in [1.807, 2.05) is 6.92 Å². The second-order valence-electron chi connectivity index (χ2n) is 4.31. The Morgan fingerprint density at radius 1 is 1.50 bits per heavy atom. The van der Waals surface area contributed by atoms with Crippen molar-refractivity contribution in [3.8, 4) is 0 Å². The highest BCUT2D eigenvalue weighted by Gasteiger charge is 2.26. The molecule has 3 N–H and O–H groups in total. The SMILES string of the molecule is CC1OCCC1NC(=O)c1cc(N)c(Cl)c(Cl)c1. The molecule has 4 nitrogen and oxygen atoms in total. The van der Waals surface area contributed by atoms with Crippen LogP contribution in [-0.2, 0) is 4.74 Å². The van der Waals surface area contributed by atoms with E-state index in [0.29, 0.717) is 17.9 Å². The van der Waals surface area contributed by atoms with E-state index in [4.69, 9.17) is 33.7 Å². The van der Waals surface area contributed by atoms with E-state index in [0.717, 1.165) is 6.42 Å². The number of halogens is 2. The van der Waals surface area contributed by atoms with Crippen LogP contribution in [0.1, 0.15) is 23.7 Å². The van der Waals surface area contributed by atoms with Gasteiger partial charge in [-0.15, -0.1) is 0 Å². The minimum Gasteiger partial charge on any atom is -0.397 e. The molecule has 2 rings (SSSR count). The maximum atomic E-state index is 12.0. The summed E-state index contributed by atoms with van der Waals surface area (Å²) in [5.41, 5.74) is 6.37. The zero-order valence-corrected chi connectivity index (χ0v) is 11.4. The fourth-order valence-corrected chi connectivity index (χ4v) is 2.25. The van der Waals surface area contributed by atoms with Crippen molar-refractivity contribution in [2.45, 2.75) is 25.5 Å². The zero-order chi connectivity index (χ0) is 13.3. The number of carbonyl (C=O) groups excluding carboxylic acids is 1. The molecule has 98 valence electrons. The van der Waals surface area contributed by atoms with Crippen LogP contribution in [0.25, 0.3) is 0 Å². The molecule has 1 aromatic rings. The van der Waals surface area contributed by atoms with Gasteiger partial charge in [-0.25, -0.2) is 0 Å². The normalized spacial score (nSPS) is 23.1. The quantitative estimate of drug-likeness (QED) is 0.822. The molecule has 1 heterocycles. The number of nitrogens with two attached hydrogens (primary N) is 1. The lowest BCUT2D eigenvalue weighted by Gasteiger charge is -2.16. The highest BCUT2D eigenvalue weighted by molar-refractivity contribution is 6.43. The van der Waals surface area contributed by atoms with Gasteiger partial charge in [0.25, 0.3) is 5.91 Å². The first-order chi connectivity index (χ1) is 8.49. The van der Waals surface area contributed by atoms with Crippen molar-refractivity contribution in [3.05, 3.63) is 27.7 Å². The number of rotatable bonds is 2. The molecule has 0 aromatic heterocycles. The van der Waals surface area contributed by atoms with Gasteiger partial charge in [0.2, 0.25) is 0 Å². The van der Waals surface area contributed by atoms with Crippen molar-refractivity contribution >= 4 is 34.8 Å². The first kappa shape index (κ1) is 13.5. The summed E-state index contributed by atoms with van der Waals surface area (Å²) in [5, 5.41) is 3.44. The van der Waals surface area contributed by atoms with Crippen LogP contribution in [-0.4, -0.2) is 24.7 Å². The molecule has 1 aliphatic rings. The average molecular weight is 289 g/mol. The molecule has 0 aliphatic carbocycles. The van der Waals surface area contributed by atoms with Crippen molar-refractivity contribution in [1.29, 1.82) is 0 Å². The maximum Gasteiger partial charge on any atom is 0.251 e. The van der Waals surface area contributed by atoms with Gasteiger partial charge in [0, 0.05) is 12.2 Å². The summed E-state index contributed by atoms with van der Waals surface area (Å²) in [7, 11) is 0. The maximum absolute atomic E-state index is 12.0. The van der Waals surface area contributed by atoms with Crippen LogP contribution in [0, 0.1) is 0 Å². The third-order valence-corrected chi connectivity index (χ3v) is 3.83. The molecule has 1 aromatic carbocycles. The molecule has 1 fully saturated rings. The van der Waals surface area contributed by atoms with E-state index in [2.05, 4.69) is 5.32 Å². The molecule has 0 saturated carbocycles. The standard InChI is InChI=1S/C12H14Cl2N2O2/c1-6-10(2-3-18-6)16-12(17)7-4-8(13)11(14)9(15)5-7/h4-6,10H,2-3,15H2,1H3,(H,16,17). The molecule has 0 spiro atoms. The molecule has 1 amide bonds. The van der Waals surface area contributed by atoms with Gasteiger partial charge >= 0.3 is 0 Å². The van der Waals surface area contributed by atoms with Gasteiger partial charge in [0.1, 0.15) is 0 Å². The van der Waals surface area contributed by atoms with E-state index in [1.165, 1.54) is 12.1 Å². The van der Waals surface area contributed by atoms with Crippen LogP contribution in [0.3, 0.4) is 0 Å². The largest absolute Gasteiger partial charge is 0.397 e. The number of nitrogen functional groups attached to an aromatic ring is 1. The van der Waals surface area contributed by atoms with Crippen LogP contribution in [0.2, 0.25) is 10.0 Å². The summed E-state index contributed by atoms with van der Waals surface area (Å²) in [4.78, 5) is 12.0. The van der Waals surface area contributed by atoms with Gasteiger partial charge in [0.05, 0.1) is 27.9 Å². The van der Waals surface area contributed by atoms with Crippen LogP contribution in [0.15, 0.2) is 12.1 Å². The van der Waals surface area contributed by atoms with E-state index >= 15 is 0 Å². The molecule has 2 atom stereocenters. The summed E-state index contributed by atoms with van der Waals surface area (Å²) < 4.78 is 5.38. The third-order valence-electron chi connectivity index (χ3n) is 3.01. The number of hydrogen-bond donors (Lipinski definition) is 2. The Balaban J connectivity index is 2.14. The van der Waals surface area contributed by atoms with Gasteiger partial charge in [-0.1, -0.05) is 23.2 Å². The Morgan fingerprint density at radius 3 is 2.78 bits per heavy atom. The Labute approximate surface area is 115 Å². The monoisotopic (exact) mass is 288 g/mol. The van der Waals surface area contributed by atoms with Gasteiger partial charge in [-0.2, -0.15) is 0 Å². The minimum atomic E-state index is -0.220. The molecule has 18 heavy (non-hydrogen) atoms. The summed E-state index contributed by atoms with van der Waals surface area (Å²) >= 11 is 11.7. The van der Waals surface area contributed by atoms with Crippen molar-refractivity contribution in [2.75, 3.05) is 12.3 Å². The smallest absolute Gasteiger partial charge is 0.251 e. The Kier molecular flexibility index (Phi) is 4.00. The van der Waals surface area contributed by atoms with Crippen LogP contribution >= 0.6 is 23.2 Å². The van der Waals surface area contributed by atoms with Crippen LogP contribution in [0.4, 0.5) is 5.69 Å². The van der Waals surface area contributed by atoms with Crippen molar-refractivity contribution < 1.29 is 9.53 Å². The number of hydrogen-bond acceptors (Lipinski definition) is 3. The lowest BCUT2D eigenvalue weighted by Crippen LogP contribution is -2.39. The molecule has 0 bridgehead atoms. The fraction of sp³-hybridized carbons (Fsp3) is 0.417. The van der Waals surface area contributed by atoms with E-state index in [9.17, 15) is 4.79 Å². The fourth-order valence-electron chi connectivity index (χ4n) is 1.91. The van der Waals surface area contributed by atoms with Gasteiger partial charge in [0.15, 0.2) is 0 Å². The Hall–Kier alpha value is -0.970. The highest BCUT2D eigenvalue weighted by Crippen LogP contribution is 2.29. The van der Waals surface area contributed by atoms with Crippen LogP contribution in [0.5, 0.6) is 0 Å². The molecule has 6 heteroatoms. The van der Waals surface area contributed by atoms with Gasteiger partial charge in [-0.05, 0) is 25.5 Å². The molecule has 0 radical (unpaired) electrons. The van der Waals surface area contributed by atoms with E-state index in [1.54, 1.807) is 0 Å². The molecular formula is C12H14Cl2N2O2. The lowest BCUT2D eigenvalue weighted by molar-refractivity contribution is 0.0866. The van der Waals surface area contributed by atoms with Crippen molar-refractivity contribution in [2.24, 2.45) is 0 Å². The van der Waals surface area contributed by atoms with Gasteiger partial charge < -0.3 is 15.8 Å². The summed E-state index contributed by atoms with van der Waals surface area (Å²) in [6.07, 6.45) is 0.832. The molecular weight excluding hydrogens is 275 g/mol. The minimum absolute atomic E-state index is 0.0215. The van der Waals surface area contributed by atoms with Crippen molar-refractivity contribution in [1.82, 2.24) is 5.32 Å².